The van der Waals surface area contributed by atoms with Crippen molar-refractivity contribution >= 4 is 27.4 Å². The van der Waals surface area contributed by atoms with Gasteiger partial charge in [-0.2, -0.15) is 0 Å². The number of hydrogen-bond donors (Lipinski definition) is 2. The van der Waals surface area contributed by atoms with Crippen LogP contribution in [0.15, 0.2) is 29.6 Å². The van der Waals surface area contributed by atoms with Gasteiger partial charge in [0.2, 0.25) is 0 Å². The van der Waals surface area contributed by atoms with Crippen molar-refractivity contribution in [2.45, 2.75) is 26.3 Å². The zero-order valence-electron chi connectivity index (χ0n) is 10.5. The Kier molecular flexibility index (Phi) is 3.41. The summed E-state index contributed by atoms with van der Waals surface area (Å²) in [6.07, 6.45) is 0.434. The third kappa shape index (κ3) is 2.40. The Bertz CT molecular complexity index is 574. The number of aliphatic carboxylic acids is 1. The second kappa shape index (κ2) is 4.71. The smallest absolute Gasteiger partial charge is 0.309 e. The fraction of sp³-hybridized carbons (Fsp3) is 0.357. The maximum Gasteiger partial charge on any atom is 0.309 e. The third-order valence-electron chi connectivity index (χ3n) is 3.22. The average molecular weight is 263 g/mol. The molecule has 0 saturated heterocycles. The van der Waals surface area contributed by atoms with Crippen LogP contribution in [0.1, 0.15) is 31.9 Å². The summed E-state index contributed by atoms with van der Waals surface area (Å²) in [6.45, 7) is 3.42. The Labute approximate surface area is 110 Å². The number of carbonyl (C=O) groups is 1. The summed E-state index contributed by atoms with van der Waals surface area (Å²) in [5, 5.41) is 12.3. The Morgan fingerprint density at radius 1 is 1.44 bits per heavy atom. The van der Waals surface area contributed by atoms with Gasteiger partial charge in [0.25, 0.3) is 0 Å². The molecule has 4 heteroatoms. The molecule has 1 aromatic carbocycles. The van der Waals surface area contributed by atoms with Gasteiger partial charge >= 0.3 is 5.97 Å². The van der Waals surface area contributed by atoms with Crippen molar-refractivity contribution in [2.75, 3.05) is 0 Å². The van der Waals surface area contributed by atoms with Crippen molar-refractivity contribution in [2.24, 2.45) is 11.1 Å². The van der Waals surface area contributed by atoms with Crippen LogP contribution in [0, 0.1) is 5.41 Å². The summed E-state index contributed by atoms with van der Waals surface area (Å²) < 4.78 is 1.19. The molecule has 0 saturated carbocycles. The van der Waals surface area contributed by atoms with Gasteiger partial charge in [-0.15, -0.1) is 11.3 Å². The van der Waals surface area contributed by atoms with Gasteiger partial charge in [0.1, 0.15) is 0 Å². The largest absolute Gasteiger partial charge is 0.481 e. The molecule has 1 aromatic heterocycles. The highest BCUT2D eigenvalue weighted by molar-refractivity contribution is 7.17. The number of nitrogens with two attached hydrogens (primary N) is 1. The van der Waals surface area contributed by atoms with Crippen LogP contribution in [0.5, 0.6) is 0 Å². The molecule has 1 atom stereocenters. The van der Waals surface area contributed by atoms with E-state index < -0.39 is 11.4 Å². The zero-order valence-corrected chi connectivity index (χ0v) is 11.3. The van der Waals surface area contributed by atoms with Gasteiger partial charge < -0.3 is 10.8 Å². The predicted molar refractivity (Wildman–Crippen MR) is 74.8 cm³/mol. The highest BCUT2D eigenvalue weighted by Gasteiger charge is 2.30. The molecule has 3 nitrogen and oxygen atoms in total. The normalized spacial score (nSPS) is 13.7. The van der Waals surface area contributed by atoms with Gasteiger partial charge in [-0.1, -0.05) is 18.2 Å². The number of rotatable bonds is 4. The van der Waals surface area contributed by atoms with E-state index in [0.717, 1.165) is 10.9 Å². The van der Waals surface area contributed by atoms with Crippen molar-refractivity contribution in [3.8, 4) is 0 Å². The lowest BCUT2D eigenvalue weighted by atomic mass is 9.84. The molecule has 0 aliphatic rings. The van der Waals surface area contributed by atoms with Crippen LogP contribution < -0.4 is 5.73 Å². The molecular weight excluding hydrogens is 246 g/mol. The van der Waals surface area contributed by atoms with Gasteiger partial charge in [-0.05, 0) is 42.7 Å². The number of hydrogen-bond acceptors (Lipinski definition) is 3. The first-order chi connectivity index (χ1) is 8.42. The van der Waals surface area contributed by atoms with Crippen LogP contribution >= 0.6 is 11.3 Å². The second-order valence-electron chi connectivity index (χ2n) is 5.19. The van der Waals surface area contributed by atoms with E-state index in [1.807, 2.05) is 23.6 Å². The predicted octanol–water partition coefficient (Wildman–Crippen LogP) is 3.40. The molecule has 1 heterocycles. The number of benzene rings is 1. The summed E-state index contributed by atoms with van der Waals surface area (Å²) in [7, 11) is 0. The molecule has 0 amide bonds. The minimum Gasteiger partial charge on any atom is -0.481 e. The molecule has 0 aliphatic heterocycles. The SMILES string of the molecule is CC(C)(CC(N)c1csc2ccccc12)C(=O)O. The van der Waals surface area contributed by atoms with Crippen LogP contribution in [0.2, 0.25) is 0 Å². The topological polar surface area (TPSA) is 63.3 Å². The van der Waals surface area contributed by atoms with Crippen molar-refractivity contribution in [1.29, 1.82) is 0 Å². The third-order valence-corrected chi connectivity index (χ3v) is 4.20. The number of carboxylic acid groups (broad SMARTS) is 1. The van der Waals surface area contributed by atoms with E-state index in [0.29, 0.717) is 6.42 Å². The van der Waals surface area contributed by atoms with Crippen LogP contribution in [-0.4, -0.2) is 11.1 Å². The first-order valence-electron chi connectivity index (χ1n) is 5.87. The highest BCUT2D eigenvalue weighted by Crippen LogP contribution is 2.35. The lowest BCUT2D eigenvalue weighted by molar-refractivity contribution is -0.147. The van der Waals surface area contributed by atoms with E-state index in [2.05, 4.69) is 6.07 Å². The molecule has 0 fully saturated rings. The Morgan fingerprint density at radius 2 is 2.11 bits per heavy atom. The molecule has 0 spiro atoms. The number of fused-ring (bicyclic) bond motifs is 1. The fourth-order valence-corrected chi connectivity index (χ4v) is 3.06. The minimum absolute atomic E-state index is 0.243. The molecule has 0 bridgehead atoms. The van der Waals surface area contributed by atoms with Crippen molar-refractivity contribution in [3.05, 3.63) is 35.2 Å². The first-order valence-corrected chi connectivity index (χ1v) is 6.75. The maximum atomic E-state index is 11.1. The molecule has 1 unspecified atom stereocenters. The molecule has 18 heavy (non-hydrogen) atoms. The molecule has 96 valence electrons. The highest BCUT2D eigenvalue weighted by atomic mass is 32.1. The molecule has 2 aromatic rings. The van der Waals surface area contributed by atoms with Gasteiger partial charge in [0.15, 0.2) is 0 Å². The summed E-state index contributed by atoms with van der Waals surface area (Å²) in [4.78, 5) is 11.1. The minimum atomic E-state index is -0.808. The molecule has 2 rings (SSSR count). The van der Waals surface area contributed by atoms with Gasteiger partial charge in [-0.3, -0.25) is 4.79 Å². The van der Waals surface area contributed by atoms with Crippen molar-refractivity contribution in [3.63, 3.8) is 0 Å². The Morgan fingerprint density at radius 3 is 2.78 bits per heavy atom. The second-order valence-corrected chi connectivity index (χ2v) is 6.10. The standard InChI is InChI=1S/C14H17NO2S/c1-14(2,13(16)17)7-11(15)10-8-18-12-6-4-3-5-9(10)12/h3-6,8,11H,7,15H2,1-2H3,(H,16,17). The van der Waals surface area contributed by atoms with E-state index in [9.17, 15) is 4.79 Å². The summed E-state index contributed by atoms with van der Waals surface area (Å²) in [6, 6.07) is 7.82. The van der Waals surface area contributed by atoms with E-state index in [1.165, 1.54) is 4.70 Å². The molecule has 0 aliphatic carbocycles. The Balaban J connectivity index is 2.29. The molecule has 0 radical (unpaired) electrons. The maximum absolute atomic E-state index is 11.1. The summed E-state index contributed by atoms with van der Waals surface area (Å²) in [5.41, 5.74) is 6.42. The van der Waals surface area contributed by atoms with E-state index >= 15 is 0 Å². The first kappa shape index (κ1) is 13.1. The van der Waals surface area contributed by atoms with Gasteiger partial charge in [0.05, 0.1) is 5.41 Å². The van der Waals surface area contributed by atoms with Crippen LogP contribution in [0.3, 0.4) is 0 Å². The Hall–Kier alpha value is -1.39. The molecular formula is C14H17NO2S. The van der Waals surface area contributed by atoms with E-state index in [-0.39, 0.29) is 6.04 Å². The van der Waals surface area contributed by atoms with Gasteiger partial charge in [-0.25, -0.2) is 0 Å². The number of thiophene rings is 1. The van der Waals surface area contributed by atoms with Crippen molar-refractivity contribution in [1.82, 2.24) is 0 Å². The fourth-order valence-electron chi connectivity index (χ4n) is 2.03. The van der Waals surface area contributed by atoms with Crippen LogP contribution in [0.4, 0.5) is 0 Å². The van der Waals surface area contributed by atoms with Crippen LogP contribution in [0.25, 0.3) is 10.1 Å². The quantitative estimate of drug-likeness (QED) is 0.888. The van der Waals surface area contributed by atoms with E-state index in [4.69, 9.17) is 10.8 Å². The van der Waals surface area contributed by atoms with E-state index in [1.54, 1.807) is 25.2 Å². The number of carboxylic acids is 1. The van der Waals surface area contributed by atoms with Crippen LogP contribution in [-0.2, 0) is 4.79 Å². The summed E-state index contributed by atoms with van der Waals surface area (Å²) >= 11 is 1.65. The summed E-state index contributed by atoms with van der Waals surface area (Å²) in [5.74, 6) is -0.808. The molecule has 3 N–H and O–H groups in total. The monoisotopic (exact) mass is 263 g/mol. The lowest BCUT2D eigenvalue weighted by Gasteiger charge is -2.23. The lowest BCUT2D eigenvalue weighted by Crippen LogP contribution is -2.28. The average Bonchev–Trinajstić information content (AvgIpc) is 2.71. The van der Waals surface area contributed by atoms with Gasteiger partial charge in [0, 0.05) is 10.7 Å². The zero-order chi connectivity index (χ0) is 13.3. The van der Waals surface area contributed by atoms with Crippen molar-refractivity contribution < 1.29 is 9.90 Å².